The van der Waals surface area contributed by atoms with E-state index in [1.807, 2.05) is 26.8 Å². The van der Waals surface area contributed by atoms with Gasteiger partial charge in [0.1, 0.15) is 11.8 Å². The molecule has 0 radical (unpaired) electrons. The van der Waals surface area contributed by atoms with Crippen LogP contribution in [0.5, 0.6) is 5.75 Å². The minimum atomic E-state index is -0.300. The fourth-order valence-electron chi connectivity index (χ4n) is 2.32. The number of ether oxygens (including phenoxy) is 1. The molecule has 0 amide bonds. The number of nitrogens with one attached hydrogen (secondary N) is 1. The van der Waals surface area contributed by atoms with Crippen molar-refractivity contribution in [3.8, 4) is 5.75 Å². The number of nitrogens with zero attached hydrogens (tertiary/aromatic N) is 2. The monoisotopic (exact) mass is 272 g/mol. The Balaban J connectivity index is 2.54. The van der Waals surface area contributed by atoms with Crippen molar-refractivity contribution < 1.29 is 4.74 Å². The number of rotatable bonds is 4. The molecular weight excluding hydrogens is 252 g/mol. The Hall–Kier alpha value is -1.98. The Morgan fingerprint density at radius 2 is 1.75 bits per heavy atom. The molecule has 0 aliphatic carbocycles. The van der Waals surface area contributed by atoms with Crippen LogP contribution in [-0.2, 0) is 0 Å². The molecule has 0 aliphatic heterocycles. The SMILES string of the molecule is COc1cc(C)cc(C)c1C(NN)c1ncc(C)cn1. The van der Waals surface area contributed by atoms with Gasteiger partial charge in [-0.25, -0.2) is 15.4 Å². The van der Waals surface area contributed by atoms with Crippen LogP contribution in [0.2, 0.25) is 0 Å². The maximum atomic E-state index is 5.72. The van der Waals surface area contributed by atoms with E-state index < -0.39 is 0 Å². The minimum absolute atomic E-state index is 0.300. The Morgan fingerprint density at radius 1 is 1.10 bits per heavy atom. The zero-order chi connectivity index (χ0) is 14.7. The first-order chi connectivity index (χ1) is 9.56. The van der Waals surface area contributed by atoms with Crippen LogP contribution in [0.25, 0.3) is 0 Å². The number of hydrogen-bond donors (Lipinski definition) is 2. The summed E-state index contributed by atoms with van der Waals surface area (Å²) in [5.41, 5.74) is 6.99. The molecule has 5 heteroatoms. The number of aromatic nitrogens is 2. The molecule has 5 nitrogen and oxygen atoms in total. The van der Waals surface area contributed by atoms with Crippen LogP contribution in [0, 0.1) is 20.8 Å². The predicted molar refractivity (Wildman–Crippen MR) is 78.4 cm³/mol. The quantitative estimate of drug-likeness (QED) is 0.657. The Kier molecular flexibility index (Phi) is 4.32. The van der Waals surface area contributed by atoms with E-state index in [9.17, 15) is 0 Å². The van der Waals surface area contributed by atoms with Crippen molar-refractivity contribution in [2.45, 2.75) is 26.8 Å². The molecule has 106 valence electrons. The molecule has 2 rings (SSSR count). The van der Waals surface area contributed by atoms with Crippen LogP contribution in [-0.4, -0.2) is 17.1 Å². The highest BCUT2D eigenvalue weighted by atomic mass is 16.5. The molecule has 2 aromatic rings. The van der Waals surface area contributed by atoms with E-state index in [0.29, 0.717) is 5.82 Å². The van der Waals surface area contributed by atoms with Crippen LogP contribution in [0.15, 0.2) is 24.5 Å². The van der Waals surface area contributed by atoms with Gasteiger partial charge in [0.15, 0.2) is 5.82 Å². The first-order valence-electron chi connectivity index (χ1n) is 6.46. The van der Waals surface area contributed by atoms with E-state index in [1.54, 1.807) is 19.5 Å². The van der Waals surface area contributed by atoms with Gasteiger partial charge in [-0.3, -0.25) is 5.84 Å². The first-order valence-corrected chi connectivity index (χ1v) is 6.46. The summed E-state index contributed by atoms with van der Waals surface area (Å²) in [6.07, 6.45) is 3.56. The highest BCUT2D eigenvalue weighted by Crippen LogP contribution is 2.32. The van der Waals surface area contributed by atoms with Gasteiger partial charge in [0, 0.05) is 18.0 Å². The van der Waals surface area contributed by atoms with E-state index in [4.69, 9.17) is 10.6 Å². The summed E-state index contributed by atoms with van der Waals surface area (Å²) < 4.78 is 5.48. The van der Waals surface area contributed by atoms with Gasteiger partial charge in [-0.05, 0) is 43.5 Å². The molecule has 1 unspecified atom stereocenters. The normalized spacial score (nSPS) is 12.2. The van der Waals surface area contributed by atoms with Crippen LogP contribution in [0.4, 0.5) is 0 Å². The molecule has 0 spiro atoms. The third-order valence-corrected chi connectivity index (χ3v) is 3.23. The van der Waals surface area contributed by atoms with Crippen LogP contribution < -0.4 is 16.0 Å². The predicted octanol–water partition coefficient (Wildman–Crippen LogP) is 1.96. The molecule has 1 heterocycles. The van der Waals surface area contributed by atoms with Crippen molar-refractivity contribution in [3.05, 3.63) is 52.6 Å². The molecule has 1 atom stereocenters. The van der Waals surface area contributed by atoms with Crippen molar-refractivity contribution in [2.75, 3.05) is 7.11 Å². The summed E-state index contributed by atoms with van der Waals surface area (Å²) in [4.78, 5) is 8.71. The van der Waals surface area contributed by atoms with E-state index in [0.717, 1.165) is 28.0 Å². The Bertz CT molecular complexity index is 596. The molecule has 1 aromatic carbocycles. The smallest absolute Gasteiger partial charge is 0.151 e. The molecule has 0 saturated heterocycles. The number of hydrazine groups is 1. The maximum absolute atomic E-state index is 5.72. The number of methoxy groups -OCH3 is 1. The summed E-state index contributed by atoms with van der Waals surface area (Å²) in [7, 11) is 1.65. The summed E-state index contributed by atoms with van der Waals surface area (Å²) >= 11 is 0. The van der Waals surface area contributed by atoms with Gasteiger partial charge in [-0.1, -0.05) is 6.07 Å². The van der Waals surface area contributed by atoms with Crippen molar-refractivity contribution in [2.24, 2.45) is 5.84 Å². The number of benzene rings is 1. The molecule has 1 aromatic heterocycles. The lowest BCUT2D eigenvalue weighted by Gasteiger charge is -2.20. The molecule has 3 N–H and O–H groups in total. The van der Waals surface area contributed by atoms with Crippen molar-refractivity contribution in [1.82, 2.24) is 15.4 Å². The second-order valence-corrected chi connectivity index (χ2v) is 4.92. The van der Waals surface area contributed by atoms with Crippen molar-refractivity contribution in [3.63, 3.8) is 0 Å². The fraction of sp³-hybridized carbons (Fsp3) is 0.333. The van der Waals surface area contributed by atoms with E-state index >= 15 is 0 Å². The number of aryl methyl sites for hydroxylation is 3. The lowest BCUT2D eigenvalue weighted by molar-refractivity contribution is 0.402. The van der Waals surface area contributed by atoms with Gasteiger partial charge >= 0.3 is 0 Å². The third kappa shape index (κ3) is 2.79. The molecule has 0 aliphatic rings. The zero-order valence-corrected chi connectivity index (χ0v) is 12.3. The molecular formula is C15H20N4O. The van der Waals surface area contributed by atoms with Gasteiger partial charge in [-0.15, -0.1) is 0 Å². The van der Waals surface area contributed by atoms with E-state index in [1.165, 1.54) is 0 Å². The van der Waals surface area contributed by atoms with E-state index in [2.05, 4.69) is 21.5 Å². The minimum Gasteiger partial charge on any atom is -0.496 e. The summed E-state index contributed by atoms with van der Waals surface area (Å²) in [5, 5.41) is 0. The second-order valence-electron chi connectivity index (χ2n) is 4.92. The molecule has 0 saturated carbocycles. The average molecular weight is 272 g/mol. The average Bonchev–Trinajstić information content (AvgIpc) is 2.43. The molecule has 0 fully saturated rings. The van der Waals surface area contributed by atoms with Gasteiger partial charge in [0.05, 0.1) is 7.11 Å². The van der Waals surface area contributed by atoms with E-state index in [-0.39, 0.29) is 6.04 Å². The number of hydrogen-bond acceptors (Lipinski definition) is 5. The molecule has 0 bridgehead atoms. The van der Waals surface area contributed by atoms with Crippen LogP contribution in [0.3, 0.4) is 0 Å². The maximum Gasteiger partial charge on any atom is 0.151 e. The largest absolute Gasteiger partial charge is 0.496 e. The summed E-state index contributed by atoms with van der Waals surface area (Å²) in [5.74, 6) is 7.13. The van der Waals surface area contributed by atoms with Crippen molar-refractivity contribution in [1.29, 1.82) is 0 Å². The number of nitrogens with two attached hydrogens (primary N) is 1. The Labute approximate surface area is 119 Å². The van der Waals surface area contributed by atoms with Crippen LogP contribution in [0.1, 0.15) is 34.1 Å². The van der Waals surface area contributed by atoms with Gasteiger partial charge in [0.25, 0.3) is 0 Å². The van der Waals surface area contributed by atoms with Crippen LogP contribution >= 0.6 is 0 Å². The highest BCUT2D eigenvalue weighted by Gasteiger charge is 2.22. The van der Waals surface area contributed by atoms with Gasteiger partial charge in [0.2, 0.25) is 0 Å². The third-order valence-electron chi connectivity index (χ3n) is 3.23. The topological polar surface area (TPSA) is 73.1 Å². The zero-order valence-electron chi connectivity index (χ0n) is 12.3. The molecule has 20 heavy (non-hydrogen) atoms. The summed E-state index contributed by atoms with van der Waals surface area (Å²) in [6, 6.07) is 3.78. The Morgan fingerprint density at radius 3 is 2.30 bits per heavy atom. The second kappa shape index (κ2) is 5.98. The van der Waals surface area contributed by atoms with Gasteiger partial charge < -0.3 is 4.74 Å². The van der Waals surface area contributed by atoms with Gasteiger partial charge in [-0.2, -0.15) is 0 Å². The lowest BCUT2D eigenvalue weighted by atomic mass is 9.97. The highest BCUT2D eigenvalue weighted by molar-refractivity contribution is 5.47. The standard InChI is InChI=1S/C15H20N4O/c1-9-5-11(3)13(12(6-9)20-4)14(19-16)15-17-7-10(2)8-18-15/h5-8,14,19H,16H2,1-4H3. The summed E-state index contributed by atoms with van der Waals surface area (Å²) in [6.45, 7) is 6.02. The lowest BCUT2D eigenvalue weighted by Crippen LogP contribution is -2.31. The van der Waals surface area contributed by atoms with Crippen molar-refractivity contribution >= 4 is 0 Å². The first kappa shape index (κ1) is 14.4. The fourth-order valence-corrected chi connectivity index (χ4v) is 2.32.